The van der Waals surface area contributed by atoms with Crippen LogP contribution in [0, 0.1) is 0 Å². The van der Waals surface area contributed by atoms with Crippen molar-refractivity contribution < 1.29 is 14.1 Å². The van der Waals surface area contributed by atoms with Crippen LogP contribution in [0.15, 0.2) is 4.21 Å². The topological polar surface area (TPSA) is 80.4 Å². The Kier molecular flexibility index (Phi) is 2.32. The Bertz CT molecular complexity index is 424. The van der Waals surface area contributed by atoms with Crippen LogP contribution in [0.2, 0.25) is 0 Å². The van der Waals surface area contributed by atoms with Crippen molar-refractivity contribution in [2.45, 2.75) is 17.1 Å². The Labute approximate surface area is 87.2 Å². The number of hydrogen-bond acceptors (Lipinski definition) is 4. The monoisotopic (exact) mass is 231 g/mol. The quantitative estimate of drug-likeness (QED) is 0.758. The molecule has 0 bridgehead atoms. The average molecular weight is 231 g/mol. The summed E-state index contributed by atoms with van der Waals surface area (Å²) in [4.78, 5) is 10.9. The summed E-state index contributed by atoms with van der Waals surface area (Å²) in [6.07, 6.45) is 1.45. The molecular formula is C8H9NO3S2. The standard InChI is InChI=1S/C8H9NO3S2/c9-6-5(7(10)11)4-2-1-3-14(12)8(4)13-6/h1-3,9H2,(H,10,11). The Morgan fingerprint density at radius 3 is 2.93 bits per heavy atom. The lowest BCUT2D eigenvalue weighted by Gasteiger charge is -2.10. The molecule has 1 aromatic rings. The Hall–Kier alpha value is -0.880. The summed E-state index contributed by atoms with van der Waals surface area (Å²) in [5.41, 5.74) is 6.44. The van der Waals surface area contributed by atoms with Crippen molar-refractivity contribution in [2.75, 3.05) is 11.5 Å². The molecule has 0 spiro atoms. The van der Waals surface area contributed by atoms with Gasteiger partial charge in [-0.25, -0.2) is 4.79 Å². The first kappa shape index (κ1) is 9.67. The molecule has 1 aliphatic heterocycles. The Balaban J connectivity index is 2.63. The van der Waals surface area contributed by atoms with Gasteiger partial charge in [-0.3, -0.25) is 4.21 Å². The first-order chi connectivity index (χ1) is 6.61. The van der Waals surface area contributed by atoms with Gasteiger partial charge in [0.05, 0.1) is 20.6 Å². The number of thiophene rings is 1. The fraction of sp³-hybridized carbons (Fsp3) is 0.375. The van der Waals surface area contributed by atoms with Crippen LogP contribution in [0.5, 0.6) is 0 Å². The fourth-order valence-corrected chi connectivity index (χ4v) is 4.38. The highest BCUT2D eigenvalue weighted by Crippen LogP contribution is 2.37. The van der Waals surface area contributed by atoms with Gasteiger partial charge in [-0.1, -0.05) is 0 Å². The van der Waals surface area contributed by atoms with E-state index in [4.69, 9.17) is 10.8 Å². The maximum absolute atomic E-state index is 11.5. The van der Waals surface area contributed by atoms with E-state index in [0.717, 1.165) is 17.8 Å². The number of hydrogen-bond donors (Lipinski definition) is 2. The molecule has 6 heteroatoms. The van der Waals surface area contributed by atoms with E-state index in [9.17, 15) is 9.00 Å². The lowest BCUT2D eigenvalue weighted by atomic mass is 10.1. The van der Waals surface area contributed by atoms with Crippen LogP contribution in [0.4, 0.5) is 5.00 Å². The van der Waals surface area contributed by atoms with Gasteiger partial charge in [0, 0.05) is 5.75 Å². The van der Waals surface area contributed by atoms with E-state index in [1.165, 1.54) is 0 Å². The van der Waals surface area contributed by atoms with E-state index in [0.29, 0.717) is 21.9 Å². The minimum atomic E-state index is -1.05. The van der Waals surface area contributed by atoms with Gasteiger partial charge in [-0.2, -0.15) is 0 Å². The van der Waals surface area contributed by atoms with Gasteiger partial charge >= 0.3 is 5.97 Å². The third-order valence-corrected chi connectivity index (χ3v) is 5.16. The lowest BCUT2D eigenvalue weighted by molar-refractivity contribution is 0.0697. The van der Waals surface area contributed by atoms with Gasteiger partial charge < -0.3 is 10.8 Å². The van der Waals surface area contributed by atoms with Crippen LogP contribution in [-0.4, -0.2) is 21.0 Å². The molecule has 2 heterocycles. The van der Waals surface area contributed by atoms with E-state index >= 15 is 0 Å². The summed E-state index contributed by atoms with van der Waals surface area (Å²) in [5.74, 6) is -0.398. The number of carboxylic acid groups (broad SMARTS) is 1. The van der Waals surface area contributed by atoms with Crippen molar-refractivity contribution in [3.8, 4) is 0 Å². The highest BCUT2D eigenvalue weighted by atomic mass is 32.2. The van der Waals surface area contributed by atoms with Gasteiger partial charge in [0.1, 0.15) is 5.00 Å². The minimum Gasteiger partial charge on any atom is -0.478 e. The molecule has 1 atom stereocenters. The zero-order valence-electron chi connectivity index (χ0n) is 7.28. The molecule has 76 valence electrons. The Morgan fingerprint density at radius 2 is 2.29 bits per heavy atom. The highest BCUT2D eigenvalue weighted by molar-refractivity contribution is 7.87. The second-order valence-electron chi connectivity index (χ2n) is 3.07. The summed E-state index contributed by atoms with van der Waals surface area (Å²) in [6.45, 7) is 0. The van der Waals surface area contributed by atoms with Crippen LogP contribution >= 0.6 is 11.3 Å². The molecule has 0 saturated carbocycles. The van der Waals surface area contributed by atoms with Crippen LogP contribution in [0.25, 0.3) is 0 Å². The van der Waals surface area contributed by atoms with E-state index in [-0.39, 0.29) is 10.6 Å². The van der Waals surface area contributed by atoms with Crippen molar-refractivity contribution in [2.24, 2.45) is 0 Å². The zero-order valence-corrected chi connectivity index (χ0v) is 8.91. The molecule has 0 saturated heterocycles. The molecule has 0 fully saturated rings. The number of carboxylic acids is 1. The van der Waals surface area contributed by atoms with E-state index in [2.05, 4.69) is 0 Å². The zero-order chi connectivity index (χ0) is 10.3. The summed E-state index contributed by atoms with van der Waals surface area (Å²) in [7, 11) is -1.05. The molecule has 1 aromatic heterocycles. The van der Waals surface area contributed by atoms with Gasteiger partial charge in [0.2, 0.25) is 0 Å². The molecule has 3 N–H and O–H groups in total. The van der Waals surface area contributed by atoms with Gasteiger partial charge in [0.15, 0.2) is 0 Å². The largest absolute Gasteiger partial charge is 0.478 e. The van der Waals surface area contributed by atoms with E-state index in [1.54, 1.807) is 0 Å². The fourth-order valence-electron chi connectivity index (χ4n) is 1.58. The number of aromatic carboxylic acids is 1. The summed E-state index contributed by atoms with van der Waals surface area (Å²) in [6, 6.07) is 0. The summed E-state index contributed by atoms with van der Waals surface area (Å²) < 4.78 is 12.2. The molecule has 1 unspecified atom stereocenters. The van der Waals surface area contributed by atoms with E-state index < -0.39 is 16.8 Å². The molecule has 14 heavy (non-hydrogen) atoms. The van der Waals surface area contributed by atoms with Crippen LogP contribution in [-0.2, 0) is 17.2 Å². The maximum Gasteiger partial charge on any atom is 0.339 e. The van der Waals surface area contributed by atoms with Crippen molar-refractivity contribution in [3.05, 3.63) is 11.1 Å². The van der Waals surface area contributed by atoms with E-state index in [1.807, 2.05) is 0 Å². The predicted molar refractivity (Wildman–Crippen MR) is 55.3 cm³/mol. The second-order valence-corrected chi connectivity index (χ2v) is 5.88. The number of nitrogen functional groups attached to an aromatic ring is 1. The number of rotatable bonds is 1. The first-order valence-electron chi connectivity index (χ1n) is 4.14. The summed E-state index contributed by atoms with van der Waals surface area (Å²) in [5, 5.41) is 9.20. The lowest BCUT2D eigenvalue weighted by Crippen LogP contribution is -2.11. The smallest absolute Gasteiger partial charge is 0.339 e. The maximum atomic E-state index is 11.5. The van der Waals surface area contributed by atoms with Crippen LogP contribution in [0.3, 0.4) is 0 Å². The van der Waals surface area contributed by atoms with Gasteiger partial charge in [-0.15, -0.1) is 11.3 Å². The molecule has 4 nitrogen and oxygen atoms in total. The number of nitrogens with two attached hydrogens (primary N) is 1. The number of fused-ring (bicyclic) bond motifs is 1. The summed E-state index contributed by atoms with van der Waals surface area (Å²) >= 11 is 1.15. The number of carbonyl (C=O) groups is 1. The third-order valence-electron chi connectivity index (χ3n) is 2.17. The first-order valence-corrected chi connectivity index (χ1v) is 6.27. The SMILES string of the molecule is Nc1sc2c(c1C(=O)O)CCCS2=O. The van der Waals surface area contributed by atoms with Crippen molar-refractivity contribution in [1.29, 1.82) is 0 Å². The van der Waals surface area contributed by atoms with Crippen molar-refractivity contribution in [3.63, 3.8) is 0 Å². The van der Waals surface area contributed by atoms with Crippen LogP contribution < -0.4 is 5.73 Å². The van der Waals surface area contributed by atoms with Crippen LogP contribution in [0.1, 0.15) is 22.3 Å². The number of anilines is 1. The van der Waals surface area contributed by atoms with Gasteiger partial charge in [0.25, 0.3) is 0 Å². The highest BCUT2D eigenvalue weighted by Gasteiger charge is 2.27. The third kappa shape index (κ3) is 1.34. The molecule has 0 aliphatic carbocycles. The molecule has 2 rings (SSSR count). The van der Waals surface area contributed by atoms with Crippen molar-refractivity contribution in [1.82, 2.24) is 0 Å². The molecular weight excluding hydrogens is 222 g/mol. The average Bonchev–Trinajstić information content (AvgIpc) is 2.42. The minimum absolute atomic E-state index is 0.165. The molecule has 1 aliphatic rings. The van der Waals surface area contributed by atoms with Gasteiger partial charge in [-0.05, 0) is 18.4 Å². The molecule has 0 amide bonds. The normalized spacial score (nSPS) is 20.4. The second kappa shape index (κ2) is 3.36. The molecule has 0 aromatic carbocycles. The Morgan fingerprint density at radius 1 is 1.57 bits per heavy atom. The predicted octanol–water partition coefficient (Wildman–Crippen LogP) is 1.08. The van der Waals surface area contributed by atoms with Crippen molar-refractivity contribution >= 4 is 33.1 Å². The molecule has 0 radical (unpaired) electrons.